The quantitative estimate of drug-likeness (QED) is 0.811. The molecule has 0 bridgehead atoms. The van der Waals surface area contributed by atoms with Crippen LogP contribution in [0.2, 0.25) is 0 Å². The Hall–Kier alpha value is -1.18. The molecule has 2 rings (SSSR count). The lowest BCUT2D eigenvalue weighted by Gasteiger charge is -2.40. The first-order valence-corrected chi connectivity index (χ1v) is 7.99. The number of rotatable bonds is 6. The maximum atomic E-state index is 9.44. The summed E-state index contributed by atoms with van der Waals surface area (Å²) in [6.07, 6.45) is 6.41. The molecule has 1 aliphatic carbocycles. The molecule has 102 valence electrons. The number of anilines is 1. The first-order chi connectivity index (χ1) is 9.31. The molecule has 0 amide bonds. The van der Waals surface area contributed by atoms with Crippen LogP contribution in [0.25, 0.3) is 0 Å². The molecule has 3 nitrogen and oxygen atoms in total. The molecule has 4 heteroatoms. The first kappa shape index (κ1) is 14.2. The van der Waals surface area contributed by atoms with E-state index in [1.165, 1.54) is 19.3 Å². The highest BCUT2D eigenvalue weighted by Crippen LogP contribution is 2.35. The van der Waals surface area contributed by atoms with E-state index in [4.69, 9.17) is 5.11 Å². The first-order valence-electron chi connectivity index (χ1n) is 6.76. The summed E-state index contributed by atoms with van der Waals surface area (Å²) in [6, 6.07) is 8.94. The molecule has 0 spiro atoms. The van der Waals surface area contributed by atoms with E-state index < -0.39 is 0 Å². The van der Waals surface area contributed by atoms with Crippen molar-refractivity contribution in [2.75, 3.05) is 24.3 Å². The van der Waals surface area contributed by atoms with Crippen LogP contribution in [0.5, 0.6) is 0 Å². The van der Waals surface area contributed by atoms with Gasteiger partial charge >= 0.3 is 0 Å². The molecule has 0 aromatic heterocycles. The third-order valence-electron chi connectivity index (χ3n) is 3.72. The Bertz CT molecular complexity index is 466. The molecule has 1 aromatic carbocycles. The van der Waals surface area contributed by atoms with E-state index >= 15 is 0 Å². The molecule has 1 N–H and O–H groups in total. The highest BCUT2D eigenvalue weighted by molar-refractivity contribution is 7.98. The van der Waals surface area contributed by atoms with E-state index in [-0.39, 0.29) is 6.61 Å². The van der Waals surface area contributed by atoms with Crippen molar-refractivity contribution in [1.82, 2.24) is 0 Å². The topological polar surface area (TPSA) is 47.3 Å². The molecule has 1 aliphatic rings. The van der Waals surface area contributed by atoms with Crippen LogP contribution in [-0.2, 0) is 0 Å². The van der Waals surface area contributed by atoms with Crippen molar-refractivity contribution in [2.45, 2.75) is 36.6 Å². The van der Waals surface area contributed by atoms with Crippen molar-refractivity contribution in [3.63, 3.8) is 0 Å². The third-order valence-corrected chi connectivity index (χ3v) is 4.50. The smallest absolute Gasteiger partial charge is 0.103 e. The largest absolute Gasteiger partial charge is 0.396 e. The van der Waals surface area contributed by atoms with Gasteiger partial charge < -0.3 is 10.0 Å². The lowest BCUT2D eigenvalue weighted by molar-refractivity contribution is 0.283. The van der Waals surface area contributed by atoms with Gasteiger partial charge in [-0.1, -0.05) is 6.07 Å². The minimum absolute atomic E-state index is 0.202. The molecule has 1 saturated carbocycles. The molecule has 0 saturated heterocycles. The minimum Gasteiger partial charge on any atom is -0.396 e. The van der Waals surface area contributed by atoms with Crippen LogP contribution in [0, 0.1) is 11.3 Å². The highest BCUT2D eigenvalue weighted by atomic mass is 32.2. The fraction of sp³-hybridized carbons (Fsp3) is 0.533. The maximum absolute atomic E-state index is 9.44. The summed E-state index contributed by atoms with van der Waals surface area (Å²) >= 11 is 1.61. The third kappa shape index (κ3) is 3.05. The SMILES string of the molecule is CSc1cccc(N(CCCO)C2CCC2)c1C#N. The van der Waals surface area contributed by atoms with Crippen molar-refractivity contribution >= 4 is 17.4 Å². The highest BCUT2D eigenvalue weighted by Gasteiger charge is 2.26. The number of benzene rings is 1. The van der Waals surface area contributed by atoms with Crippen LogP contribution in [0.1, 0.15) is 31.2 Å². The lowest BCUT2D eigenvalue weighted by Crippen LogP contribution is -2.41. The van der Waals surface area contributed by atoms with Crippen molar-refractivity contribution in [3.05, 3.63) is 23.8 Å². The second-order valence-electron chi connectivity index (χ2n) is 4.82. The Morgan fingerprint density at radius 3 is 2.79 bits per heavy atom. The molecule has 0 aliphatic heterocycles. The molecule has 1 fully saturated rings. The molecule has 0 unspecified atom stereocenters. The predicted octanol–water partition coefficient (Wildman–Crippen LogP) is 3.02. The van der Waals surface area contributed by atoms with Crippen LogP contribution in [0.15, 0.2) is 23.1 Å². The minimum atomic E-state index is 0.202. The average Bonchev–Trinajstić information content (AvgIpc) is 2.40. The van der Waals surface area contributed by atoms with E-state index in [9.17, 15) is 5.26 Å². The van der Waals surface area contributed by atoms with E-state index in [0.29, 0.717) is 6.04 Å². The molecule has 19 heavy (non-hydrogen) atoms. The standard InChI is InChI=1S/C15H20N2OS/c1-19-15-8-3-7-14(13(15)11-16)17(9-4-10-18)12-5-2-6-12/h3,7-8,12,18H,2,4-6,9-10H2,1H3. The Kier molecular flexibility index (Phi) is 5.12. The van der Waals surface area contributed by atoms with Gasteiger partial charge in [0, 0.05) is 24.1 Å². The van der Waals surface area contributed by atoms with E-state index in [0.717, 1.165) is 29.1 Å². The van der Waals surface area contributed by atoms with E-state index in [1.54, 1.807) is 11.8 Å². The fourth-order valence-corrected chi connectivity index (χ4v) is 3.05. The molecule has 1 aromatic rings. The number of hydrogen-bond acceptors (Lipinski definition) is 4. The zero-order chi connectivity index (χ0) is 13.7. The normalized spacial score (nSPS) is 14.8. The van der Waals surface area contributed by atoms with Crippen molar-refractivity contribution in [2.24, 2.45) is 0 Å². The monoisotopic (exact) mass is 276 g/mol. The Balaban J connectivity index is 2.32. The number of nitrogens with zero attached hydrogens (tertiary/aromatic N) is 2. The zero-order valence-electron chi connectivity index (χ0n) is 11.3. The van der Waals surface area contributed by atoms with Gasteiger partial charge in [-0.15, -0.1) is 11.8 Å². The number of nitriles is 1. The number of aliphatic hydroxyl groups is 1. The van der Waals surface area contributed by atoms with Gasteiger partial charge in [0.2, 0.25) is 0 Å². The summed E-state index contributed by atoms with van der Waals surface area (Å²) in [5, 5.41) is 18.5. The van der Waals surface area contributed by atoms with Crippen LogP contribution < -0.4 is 4.90 Å². The van der Waals surface area contributed by atoms with Gasteiger partial charge in [-0.2, -0.15) is 5.26 Å². The fourth-order valence-electron chi connectivity index (χ4n) is 2.48. The summed E-state index contributed by atoms with van der Waals surface area (Å²) in [6.45, 7) is 1.03. The van der Waals surface area contributed by atoms with Crippen molar-refractivity contribution in [1.29, 1.82) is 5.26 Å². The van der Waals surface area contributed by atoms with Gasteiger partial charge in [0.25, 0.3) is 0 Å². The maximum Gasteiger partial charge on any atom is 0.103 e. The summed E-state index contributed by atoms with van der Waals surface area (Å²) in [4.78, 5) is 3.35. The van der Waals surface area contributed by atoms with Crippen molar-refractivity contribution < 1.29 is 5.11 Å². The number of aliphatic hydroxyl groups excluding tert-OH is 1. The van der Waals surface area contributed by atoms with Gasteiger partial charge in [0.15, 0.2) is 0 Å². The Labute approximate surface area is 119 Å². The summed E-state index contributed by atoms with van der Waals surface area (Å²) < 4.78 is 0. The van der Waals surface area contributed by atoms with Gasteiger partial charge in [-0.05, 0) is 44.1 Å². The van der Waals surface area contributed by atoms with Crippen LogP contribution in [0.3, 0.4) is 0 Å². The lowest BCUT2D eigenvalue weighted by atomic mass is 9.90. The van der Waals surface area contributed by atoms with Crippen LogP contribution >= 0.6 is 11.8 Å². The molecule has 0 radical (unpaired) electrons. The Morgan fingerprint density at radius 1 is 1.47 bits per heavy atom. The summed E-state index contributed by atoms with van der Waals surface area (Å²) in [5.41, 5.74) is 1.81. The Morgan fingerprint density at radius 2 is 2.26 bits per heavy atom. The second-order valence-corrected chi connectivity index (χ2v) is 5.67. The number of thioether (sulfide) groups is 1. The molecular weight excluding hydrogens is 256 g/mol. The number of hydrogen-bond donors (Lipinski definition) is 1. The van der Waals surface area contributed by atoms with Gasteiger partial charge in [0.05, 0.1) is 11.3 Å². The molecular formula is C15H20N2OS. The van der Waals surface area contributed by atoms with E-state index in [1.807, 2.05) is 24.5 Å². The summed E-state index contributed by atoms with van der Waals surface area (Å²) in [5.74, 6) is 0. The zero-order valence-corrected chi connectivity index (χ0v) is 12.1. The van der Waals surface area contributed by atoms with E-state index in [2.05, 4.69) is 11.0 Å². The van der Waals surface area contributed by atoms with Crippen LogP contribution in [0.4, 0.5) is 5.69 Å². The average molecular weight is 276 g/mol. The molecule has 0 atom stereocenters. The second kappa shape index (κ2) is 6.83. The van der Waals surface area contributed by atoms with Crippen molar-refractivity contribution in [3.8, 4) is 6.07 Å². The van der Waals surface area contributed by atoms with Gasteiger partial charge in [-0.25, -0.2) is 0 Å². The van der Waals surface area contributed by atoms with Gasteiger partial charge in [0.1, 0.15) is 6.07 Å². The molecule has 0 heterocycles. The summed E-state index contributed by atoms with van der Waals surface area (Å²) in [7, 11) is 0. The van der Waals surface area contributed by atoms with Gasteiger partial charge in [-0.3, -0.25) is 0 Å². The van der Waals surface area contributed by atoms with Crippen LogP contribution in [-0.4, -0.2) is 30.6 Å². The predicted molar refractivity (Wildman–Crippen MR) is 79.6 cm³/mol.